The van der Waals surface area contributed by atoms with Gasteiger partial charge in [0.25, 0.3) is 0 Å². The number of carbonyl (C=O) groups is 1. The first-order valence-electron chi connectivity index (χ1n) is 5.82. The quantitative estimate of drug-likeness (QED) is 0.872. The zero-order valence-electron chi connectivity index (χ0n) is 10.7. The Bertz CT molecular complexity index is 594. The lowest BCUT2D eigenvalue weighted by Crippen LogP contribution is -2.10. The fraction of sp³-hybridized carbons (Fsp3) is 0.333. The lowest BCUT2D eigenvalue weighted by Gasteiger charge is -2.09. The monoisotopic (exact) mass is 262 g/mol. The average molecular weight is 262 g/mol. The molecule has 0 spiro atoms. The van der Waals surface area contributed by atoms with Crippen LogP contribution in [0.1, 0.15) is 28.9 Å². The standard InChI is InChI=1S/C12H14N4O3/c1-3-16-10(13-7-14-16)6-19-9-5-4-8(2)15-11(9)12(17)18/h4-5,7H,3,6H2,1-2H3,(H,17,18). The number of aryl methyl sites for hydroxylation is 2. The van der Waals surface area contributed by atoms with E-state index in [0.29, 0.717) is 18.1 Å². The van der Waals surface area contributed by atoms with Gasteiger partial charge in [0.05, 0.1) is 0 Å². The van der Waals surface area contributed by atoms with Gasteiger partial charge in [-0.25, -0.2) is 19.4 Å². The molecule has 0 aliphatic rings. The van der Waals surface area contributed by atoms with E-state index in [2.05, 4.69) is 15.1 Å². The van der Waals surface area contributed by atoms with Crippen molar-refractivity contribution in [2.75, 3.05) is 0 Å². The molecule has 0 atom stereocenters. The summed E-state index contributed by atoms with van der Waals surface area (Å²) in [4.78, 5) is 19.1. The van der Waals surface area contributed by atoms with Gasteiger partial charge in [0.2, 0.25) is 0 Å². The van der Waals surface area contributed by atoms with Gasteiger partial charge in [0.1, 0.15) is 12.9 Å². The van der Waals surface area contributed by atoms with Crippen molar-refractivity contribution in [2.45, 2.75) is 27.0 Å². The normalized spacial score (nSPS) is 10.4. The molecular weight excluding hydrogens is 248 g/mol. The highest BCUT2D eigenvalue weighted by Gasteiger charge is 2.14. The van der Waals surface area contributed by atoms with Crippen LogP contribution in [0.25, 0.3) is 0 Å². The zero-order valence-corrected chi connectivity index (χ0v) is 10.7. The van der Waals surface area contributed by atoms with Crippen LogP contribution in [-0.2, 0) is 13.2 Å². The summed E-state index contributed by atoms with van der Waals surface area (Å²) >= 11 is 0. The van der Waals surface area contributed by atoms with Crippen molar-refractivity contribution in [1.29, 1.82) is 0 Å². The van der Waals surface area contributed by atoms with Crippen molar-refractivity contribution < 1.29 is 14.6 Å². The predicted octanol–water partition coefficient (Wildman–Crippen LogP) is 1.28. The minimum Gasteiger partial charge on any atom is -0.483 e. The van der Waals surface area contributed by atoms with Crippen molar-refractivity contribution in [3.63, 3.8) is 0 Å². The molecule has 1 N–H and O–H groups in total. The molecule has 0 aliphatic heterocycles. The van der Waals surface area contributed by atoms with Gasteiger partial charge in [-0.05, 0) is 26.0 Å². The van der Waals surface area contributed by atoms with E-state index >= 15 is 0 Å². The van der Waals surface area contributed by atoms with Crippen molar-refractivity contribution in [3.8, 4) is 5.75 Å². The van der Waals surface area contributed by atoms with Crippen LogP contribution < -0.4 is 4.74 Å². The fourth-order valence-electron chi connectivity index (χ4n) is 1.62. The Labute approximate surface area is 109 Å². The Morgan fingerprint density at radius 3 is 2.95 bits per heavy atom. The summed E-state index contributed by atoms with van der Waals surface area (Å²) in [6.07, 6.45) is 1.44. The Morgan fingerprint density at radius 1 is 1.47 bits per heavy atom. The van der Waals surface area contributed by atoms with E-state index in [-0.39, 0.29) is 18.1 Å². The van der Waals surface area contributed by atoms with Crippen LogP contribution in [0.2, 0.25) is 0 Å². The largest absolute Gasteiger partial charge is 0.483 e. The van der Waals surface area contributed by atoms with Gasteiger partial charge >= 0.3 is 5.97 Å². The molecule has 0 bridgehead atoms. The fourth-order valence-corrected chi connectivity index (χ4v) is 1.62. The zero-order chi connectivity index (χ0) is 13.8. The molecule has 2 rings (SSSR count). The molecule has 0 radical (unpaired) electrons. The lowest BCUT2D eigenvalue weighted by molar-refractivity contribution is 0.0684. The van der Waals surface area contributed by atoms with Crippen LogP contribution in [0, 0.1) is 6.92 Å². The number of carboxylic acids is 1. The molecule has 2 aromatic rings. The number of nitrogens with zero attached hydrogens (tertiary/aromatic N) is 4. The maximum atomic E-state index is 11.1. The highest BCUT2D eigenvalue weighted by molar-refractivity contribution is 5.88. The number of carboxylic acid groups (broad SMARTS) is 1. The van der Waals surface area contributed by atoms with Crippen LogP contribution in [0.3, 0.4) is 0 Å². The van der Waals surface area contributed by atoms with Crippen molar-refractivity contribution in [3.05, 3.63) is 35.7 Å². The number of aromatic nitrogens is 4. The number of ether oxygens (including phenoxy) is 1. The third kappa shape index (κ3) is 2.87. The van der Waals surface area contributed by atoms with Crippen molar-refractivity contribution >= 4 is 5.97 Å². The van der Waals surface area contributed by atoms with Gasteiger partial charge in [-0.3, -0.25) is 0 Å². The second-order valence-electron chi connectivity index (χ2n) is 3.89. The SMILES string of the molecule is CCn1ncnc1COc1ccc(C)nc1C(=O)O. The van der Waals surface area contributed by atoms with E-state index in [4.69, 9.17) is 9.84 Å². The Morgan fingerprint density at radius 2 is 2.26 bits per heavy atom. The average Bonchev–Trinajstić information content (AvgIpc) is 2.84. The van der Waals surface area contributed by atoms with Gasteiger partial charge in [0, 0.05) is 12.2 Å². The smallest absolute Gasteiger partial charge is 0.358 e. The number of pyridine rings is 1. The molecule has 7 heteroatoms. The molecule has 2 aromatic heterocycles. The Kier molecular flexibility index (Phi) is 3.74. The van der Waals surface area contributed by atoms with E-state index in [1.54, 1.807) is 23.7 Å². The first kappa shape index (κ1) is 13.0. The number of hydrogen-bond donors (Lipinski definition) is 1. The first-order valence-corrected chi connectivity index (χ1v) is 5.82. The van der Waals surface area contributed by atoms with E-state index in [0.717, 1.165) is 0 Å². The van der Waals surface area contributed by atoms with Crippen LogP contribution in [0.4, 0.5) is 0 Å². The maximum Gasteiger partial charge on any atom is 0.358 e. The topological polar surface area (TPSA) is 90.1 Å². The second kappa shape index (κ2) is 5.47. The summed E-state index contributed by atoms with van der Waals surface area (Å²) in [5.41, 5.74) is 0.532. The molecule has 100 valence electrons. The molecule has 0 saturated heterocycles. The van der Waals surface area contributed by atoms with Gasteiger partial charge < -0.3 is 9.84 Å². The molecule has 2 heterocycles. The molecule has 0 aromatic carbocycles. The number of aromatic carboxylic acids is 1. The van der Waals surface area contributed by atoms with Gasteiger partial charge in [-0.2, -0.15) is 5.10 Å². The Hall–Kier alpha value is -2.44. The number of rotatable bonds is 5. The molecule has 0 aliphatic carbocycles. The molecular formula is C12H14N4O3. The predicted molar refractivity (Wildman–Crippen MR) is 66.0 cm³/mol. The molecule has 0 fully saturated rings. The Balaban J connectivity index is 2.18. The highest BCUT2D eigenvalue weighted by atomic mass is 16.5. The van der Waals surface area contributed by atoms with E-state index < -0.39 is 5.97 Å². The first-order chi connectivity index (χ1) is 9.11. The summed E-state index contributed by atoms with van der Waals surface area (Å²) in [7, 11) is 0. The second-order valence-corrected chi connectivity index (χ2v) is 3.89. The third-order valence-electron chi connectivity index (χ3n) is 2.55. The van der Waals surface area contributed by atoms with Crippen molar-refractivity contribution in [1.82, 2.24) is 19.7 Å². The van der Waals surface area contributed by atoms with Crippen molar-refractivity contribution in [2.24, 2.45) is 0 Å². The van der Waals surface area contributed by atoms with Gasteiger partial charge in [-0.15, -0.1) is 0 Å². The lowest BCUT2D eigenvalue weighted by atomic mass is 10.3. The van der Waals surface area contributed by atoms with Gasteiger partial charge in [-0.1, -0.05) is 0 Å². The summed E-state index contributed by atoms with van der Waals surface area (Å²) in [6.45, 7) is 4.49. The van der Waals surface area contributed by atoms with Gasteiger partial charge in [0.15, 0.2) is 17.3 Å². The van der Waals surface area contributed by atoms with Crippen LogP contribution in [0.15, 0.2) is 18.5 Å². The number of hydrogen-bond acceptors (Lipinski definition) is 5. The third-order valence-corrected chi connectivity index (χ3v) is 2.55. The van der Waals surface area contributed by atoms with Crippen LogP contribution >= 0.6 is 0 Å². The minimum atomic E-state index is -1.12. The summed E-state index contributed by atoms with van der Waals surface area (Å²) < 4.78 is 7.16. The highest BCUT2D eigenvalue weighted by Crippen LogP contribution is 2.18. The molecule has 7 nitrogen and oxygen atoms in total. The minimum absolute atomic E-state index is 0.0948. The van der Waals surface area contributed by atoms with Crippen LogP contribution in [0.5, 0.6) is 5.75 Å². The summed E-state index contributed by atoms with van der Waals surface area (Å²) in [5.74, 6) is -0.251. The molecule has 19 heavy (non-hydrogen) atoms. The summed E-state index contributed by atoms with van der Waals surface area (Å²) in [5, 5.41) is 13.1. The molecule has 0 saturated carbocycles. The summed E-state index contributed by atoms with van der Waals surface area (Å²) in [6, 6.07) is 3.30. The van der Waals surface area contributed by atoms with E-state index in [1.807, 2.05) is 6.92 Å². The van der Waals surface area contributed by atoms with E-state index in [9.17, 15) is 4.79 Å². The van der Waals surface area contributed by atoms with E-state index in [1.165, 1.54) is 6.33 Å². The van der Waals surface area contributed by atoms with Crippen LogP contribution in [-0.4, -0.2) is 30.8 Å². The maximum absolute atomic E-state index is 11.1. The molecule has 0 unspecified atom stereocenters. The molecule has 0 amide bonds.